The van der Waals surface area contributed by atoms with E-state index in [0.717, 1.165) is 0 Å². The van der Waals surface area contributed by atoms with E-state index in [1.807, 2.05) is 20.8 Å². The Bertz CT molecular complexity index is 158. The molecule has 4 heteroatoms. The topological polar surface area (TPSA) is 47.9 Å². The van der Waals surface area contributed by atoms with Crippen molar-refractivity contribution in [2.75, 3.05) is 13.2 Å². The van der Waals surface area contributed by atoms with Crippen molar-refractivity contribution in [3.8, 4) is 0 Å². The van der Waals surface area contributed by atoms with Crippen LogP contribution in [0.5, 0.6) is 0 Å². The maximum Gasteiger partial charge on any atom is 0.184 e. The van der Waals surface area contributed by atoms with Gasteiger partial charge in [-0.1, -0.05) is 6.92 Å². The Morgan fingerprint density at radius 1 is 1.62 bits per heavy atom. The summed E-state index contributed by atoms with van der Waals surface area (Å²) in [6.45, 7) is 6.33. The number of rotatable bonds is 4. The second-order valence-electron chi connectivity index (χ2n) is 3.65. The summed E-state index contributed by atoms with van der Waals surface area (Å²) >= 11 is 0. The van der Waals surface area contributed by atoms with Crippen LogP contribution in [0.25, 0.3) is 0 Å². The molecule has 0 aliphatic carbocycles. The first-order chi connectivity index (χ1) is 6.03. The van der Waals surface area contributed by atoms with Gasteiger partial charge in [0.1, 0.15) is 6.61 Å². The van der Waals surface area contributed by atoms with Crippen LogP contribution in [-0.4, -0.2) is 36.5 Å². The van der Waals surface area contributed by atoms with Crippen molar-refractivity contribution < 1.29 is 19.3 Å². The molecule has 0 radical (unpaired) electrons. The first-order valence-electron chi connectivity index (χ1n) is 4.65. The van der Waals surface area contributed by atoms with Crippen molar-refractivity contribution in [1.82, 2.24) is 0 Å². The van der Waals surface area contributed by atoms with Crippen molar-refractivity contribution in [3.63, 3.8) is 0 Å². The zero-order valence-electron chi connectivity index (χ0n) is 8.45. The fourth-order valence-electron chi connectivity index (χ4n) is 1.07. The van der Waals surface area contributed by atoms with Gasteiger partial charge in [0.05, 0.1) is 12.7 Å². The Labute approximate surface area is 78.8 Å². The standard InChI is InChI=1S/C9H18O4/c1-4-7(10)5-11-8-6-12-9(2,3)13-8/h7-8,10H,4-6H2,1-3H3. The van der Waals surface area contributed by atoms with E-state index in [0.29, 0.717) is 19.6 Å². The number of hydrogen-bond donors (Lipinski definition) is 1. The number of aliphatic hydroxyl groups is 1. The third-order valence-electron chi connectivity index (χ3n) is 1.93. The minimum atomic E-state index is -0.554. The van der Waals surface area contributed by atoms with Crippen LogP contribution in [0.1, 0.15) is 27.2 Å². The zero-order chi connectivity index (χ0) is 9.90. The normalized spacial score (nSPS) is 29.1. The molecule has 0 aromatic heterocycles. The zero-order valence-corrected chi connectivity index (χ0v) is 8.45. The molecule has 2 atom stereocenters. The molecule has 1 aliphatic heterocycles. The van der Waals surface area contributed by atoms with Gasteiger partial charge in [-0.3, -0.25) is 0 Å². The van der Waals surface area contributed by atoms with Gasteiger partial charge in [0.25, 0.3) is 0 Å². The highest BCUT2D eigenvalue weighted by molar-refractivity contribution is 4.64. The highest BCUT2D eigenvalue weighted by Crippen LogP contribution is 2.22. The molecule has 0 bridgehead atoms. The number of aliphatic hydroxyl groups excluding tert-OH is 1. The van der Waals surface area contributed by atoms with Crippen LogP contribution in [0.2, 0.25) is 0 Å². The van der Waals surface area contributed by atoms with Crippen LogP contribution in [0, 0.1) is 0 Å². The van der Waals surface area contributed by atoms with Gasteiger partial charge in [0.15, 0.2) is 12.1 Å². The van der Waals surface area contributed by atoms with E-state index < -0.39 is 11.9 Å². The SMILES string of the molecule is CCC(O)COC1COC(C)(C)O1. The minimum Gasteiger partial charge on any atom is -0.391 e. The van der Waals surface area contributed by atoms with Gasteiger partial charge in [0.2, 0.25) is 0 Å². The molecule has 13 heavy (non-hydrogen) atoms. The Balaban J connectivity index is 2.17. The van der Waals surface area contributed by atoms with Gasteiger partial charge in [0, 0.05) is 0 Å². The van der Waals surface area contributed by atoms with Gasteiger partial charge < -0.3 is 19.3 Å². The molecule has 0 spiro atoms. The molecular weight excluding hydrogens is 172 g/mol. The highest BCUT2D eigenvalue weighted by atomic mass is 16.8. The molecule has 1 rings (SSSR count). The summed E-state index contributed by atoms with van der Waals surface area (Å²) in [6.07, 6.45) is -0.0553. The van der Waals surface area contributed by atoms with Gasteiger partial charge in [-0.15, -0.1) is 0 Å². The van der Waals surface area contributed by atoms with Crippen molar-refractivity contribution in [3.05, 3.63) is 0 Å². The molecule has 2 unspecified atom stereocenters. The molecule has 0 aromatic carbocycles. The fraction of sp³-hybridized carbons (Fsp3) is 1.00. The average Bonchev–Trinajstić information content (AvgIpc) is 2.41. The van der Waals surface area contributed by atoms with E-state index in [4.69, 9.17) is 14.2 Å². The third-order valence-corrected chi connectivity index (χ3v) is 1.93. The first kappa shape index (κ1) is 10.9. The van der Waals surface area contributed by atoms with Gasteiger partial charge >= 0.3 is 0 Å². The molecule has 1 N–H and O–H groups in total. The number of hydrogen-bond acceptors (Lipinski definition) is 4. The van der Waals surface area contributed by atoms with Gasteiger partial charge in [-0.2, -0.15) is 0 Å². The van der Waals surface area contributed by atoms with Crippen molar-refractivity contribution >= 4 is 0 Å². The molecule has 1 heterocycles. The van der Waals surface area contributed by atoms with Crippen LogP contribution in [0.3, 0.4) is 0 Å². The summed E-state index contributed by atoms with van der Waals surface area (Å²) in [5.74, 6) is -0.554. The summed E-state index contributed by atoms with van der Waals surface area (Å²) in [5, 5.41) is 9.23. The Morgan fingerprint density at radius 3 is 2.77 bits per heavy atom. The van der Waals surface area contributed by atoms with Crippen LogP contribution < -0.4 is 0 Å². The van der Waals surface area contributed by atoms with Crippen LogP contribution in [0.15, 0.2) is 0 Å². The smallest absolute Gasteiger partial charge is 0.184 e. The Hall–Kier alpha value is -0.160. The maximum atomic E-state index is 9.23. The summed E-state index contributed by atoms with van der Waals surface area (Å²) in [4.78, 5) is 0. The maximum absolute atomic E-state index is 9.23. The largest absolute Gasteiger partial charge is 0.391 e. The van der Waals surface area contributed by atoms with Crippen LogP contribution in [-0.2, 0) is 14.2 Å². The summed E-state index contributed by atoms with van der Waals surface area (Å²) in [7, 11) is 0. The van der Waals surface area contributed by atoms with E-state index in [-0.39, 0.29) is 6.29 Å². The van der Waals surface area contributed by atoms with Crippen molar-refractivity contribution in [2.45, 2.75) is 45.4 Å². The molecule has 78 valence electrons. The van der Waals surface area contributed by atoms with E-state index in [2.05, 4.69) is 0 Å². The molecule has 1 aliphatic rings. The lowest BCUT2D eigenvalue weighted by Gasteiger charge is -2.17. The van der Waals surface area contributed by atoms with E-state index in [1.54, 1.807) is 0 Å². The second kappa shape index (κ2) is 4.37. The summed E-state index contributed by atoms with van der Waals surface area (Å²) in [6, 6.07) is 0. The first-order valence-corrected chi connectivity index (χ1v) is 4.65. The molecular formula is C9H18O4. The fourth-order valence-corrected chi connectivity index (χ4v) is 1.07. The quantitative estimate of drug-likeness (QED) is 0.715. The third kappa shape index (κ3) is 3.60. The lowest BCUT2D eigenvalue weighted by atomic mass is 10.3. The van der Waals surface area contributed by atoms with Gasteiger partial charge in [-0.05, 0) is 20.3 Å². The average molecular weight is 190 g/mol. The highest BCUT2D eigenvalue weighted by Gasteiger charge is 2.33. The second-order valence-corrected chi connectivity index (χ2v) is 3.65. The Kier molecular flexibility index (Phi) is 3.67. The molecule has 0 aromatic rings. The summed E-state index contributed by atoms with van der Waals surface area (Å²) < 4.78 is 16.0. The molecule has 0 amide bonds. The molecule has 1 saturated heterocycles. The van der Waals surface area contributed by atoms with E-state index in [1.165, 1.54) is 0 Å². The van der Waals surface area contributed by atoms with Crippen molar-refractivity contribution in [2.24, 2.45) is 0 Å². The van der Waals surface area contributed by atoms with Crippen LogP contribution >= 0.6 is 0 Å². The molecule has 1 fully saturated rings. The molecule has 0 saturated carbocycles. The van der Waals surface area contributed by atoms with E-state index in [9.17, 15) is 5.11 Å². The minimum absolute atomic E-state index is 0.306. The predicted molar refractivity (Wildman–Crippen MR) is 47.2 cm³/mol. The number of ether oxygens (including phenoxy) is 3. The summed E-state index contributed by atoms with van der Waals surface area (Å²) in [5.41, 5.74) is 0. The lowest BCUT2D eigenvalue weighted by Crippen LogP contribution is -2.25. The Morgan fingerprint density at radius 2 is 2.31 bits per heavy atom. The van der Waals surface area contributed by atoms with Crippen molar-refractivity contribution in [1.29, 1.82) is 0 Å². The lowest BCUT2D eigenvalue weighted by molar-refractivity contribution is -0.196. The van der Waals surface area contributed by atoms with Gasteiger partial charge in [-0.25, -0.2) is 0 Å². The monoisotopic (exact) mass is 190 g/mol. The predicted octanol–water partition coefficient (Wildman–Crippen LogP) is 0.883. The van der Waals surface area contributed by atoms with E-state index >= 15 is 0 Å². The van der Waals surface area contributed by atoms with Crippen LogP contribution in [0.4, 0.5) is 0 Å². The molecule has 4 nitrogen and oxygen atoms in total.